The summed E-state index contributed by atoms with van der Waals surface area (Å²) in [5.74, 6) is 0. The molecular formula is C20H34ClN7. The first-order valence-electron chi connectivity index (χ1n) is 9.91. The molecule has 1 heterocycles. The SMILES string of the molecule is Cn1ccn(C)c1=[N+](C)[N-]c1ccc(N(CCCCN)CCCCNCl)cc1. The monoisotopic (exact) mass is 407 g/mol. The number of aromatic nitrogens is 2. The minimum Gasteiger partial charge on any atom is -0.528 e. The van der Waals surface area contributed by atoms with Crippen LogP contribution in [0.5, 0.6) is 0 Å². The molecule has 1 aromatic heterocycles. The van der Waals surface area contributed by atoms with Crippen LogP contribution in [0.3, 0.4) is 0 Å². The summed E-state index contributed by atoms with van der Waals surface area (Å²) in [6.07, 6.45) is 8.34. The lowest BCUT2D eigenvalue weighted by atomic mass is 10.2. The highest BCUT2D eigenvalue weighted by atomic mass is 35.5. The van der Waals surface area contributed by atoms with E-state index in [0.717, 1.165) is 63.2 Å². The lowest BCUT2D eigenvalue weighted by Crippen LogP contribution is -2.34. The van der Waals surface area contributed by atoms with E-state index >= 15 is 0 Å². The van der Waals surface area contributed by atoms with Crippen LogP contribution in [-0.4, -0.2) is 42.4 Å². The van der Waals surface area contributed by atoms with Crippen LogP contribution < -0.4 is 25.8 Å². The van der Waals surface area contributed by atoms with Crippen molar-refractivity contribution in [3.8, 4) is 0 Å². The van der Waals surface area contributed by atoms with Crippen LogP contribution in [0.2, 0.25) is 0 Å². The third kappa shape index (κ3) is 6.58. The lowest BCUT2D eigenvalue weighted by molar-refractivity contribution is 0.643. The number of imidazole rings is 1. The maximum atomic E-state index is 5.66. The Bertz CT molecular complexity index is 741. The zero-order valence-electron chi connectivity index (χ0n) is 17.3. The number of rotatable bonds is 12. The van der Waals surface area contributed by atoms with Gasteiger partial charge in [0.1, 0.15) is 0 Å². The van der Waals surface area contributed by atoms with Gasteiger partial charge in [0.05, 0.1) is 26.5 Å². The number of nitrogens with one attached hydrogen (secondary N) is 1. The van der Waals surface area contributed by atoms with Crippen LogP contribution in [-0.2, 0) is 14.1 Å². The van der Waals surface area contributed by atoms with E-state index in [1.54, 1.807) is 0 Å². The van der Waals surface area contributed by atoms with Crippen molar-refractivity contribution in [3.63, 3.8) is 0 Å². The Labute approximate surface area is 173 Å². The van der Waals surface area contributed by atoms with E-state index in [1.165, 1.54) is 5.69 Å². The average Bonchev–Trinajstić information content (AvgIpc) is 3.03. The fourth-order valence-electron chi connectivity index (χ4n) is 3.30. The summed E-state index contributed by atoms with van der Waals surface area (Å²) >= 11 is 5.56. The van der Waals surface area contributed by atoms with E-state index in [-0.39, 0.29) is 0 Å². The minimum atomic E-state index is 0.741. The molecule has 8 heteroatoms. The number of nitrogens with zero attached hydrogens (tertiary/aromatic N) is 5. The predicted molar refractivity (Wildman–Crippen MR) is 119 cm³/mol. The van der Waals surface area contributed by atoms with Crippen LogP contribution in [0.4, 0.5) is 11.4 Å². The Morgan fingerprint density at radius 2 is 1.64 bits per heavy atom. The van der Waals surface area contributed by atoms with E-state index in [4.69, 9.17) is 22.9 Å². The van der Waals surface area contributed by atoms with Crippen molar-refractivity contribution in [2.24, 2.45) is 19.8 Å². The molecule has 0 bridgehead atoms. The molecule has 0 unspecified atom stereocenters. The van der Waals surface area contributed by atoms with Crippen molar-refractivity contribution in [2.75, 3.05) is 38.1 Å². The summed E-state index contributed by atoms with van der Waals surface area (Å²) in [5.41, 5.74) is 13.5. The highest BCUT2D eigenvalue weighted by Crippen LogP contribution is 2.23. The second kappa shape index (κ2) is 11.8. The molecule has 2 rings (SSSR count). The van der Waals surface area contributed by atoms with Crippen LogP contribution in [0.25, 0.3) is 5.43 Å². The first-order chi connectivity index (χ1) is 13.6. The van der Waals surface area contributed by atoms with Crippen LogP contribution in [0.15, 0.2) is 36.7 Å². The van der Waals surface area contributed by atoms with Crippen LogP contribution >= 0.6 is 11.8 Å². The number of nitrogens with two attached hydrogens (primary N) is 1. The van der Waals surface area contributed by atoms with Crippen molar-refractivity contribution in [1.82, 2.24) is 18.7 Å². The minimum absolute atomic E-state index is 0.741. The molecule has 3 N–H and O–H groups in total. The molecule has 0 saturated carbocycles. The molecule has 0 aliphatic carbocycles. The summed E-state index contributed by atoms with van der Waals surface area (Å²) < 4.78 is 5.99. The molecule has 0 radical (unpaired) electrons. The van der Waals surface area contributed by atoms with Crippen molar-refractivity contribution >= 4 is 23.2 Å². The quantitative estimate of drug-likeness (QED) is 0.246. The van der Waals surface area contributed by atoms with Crippen molar-refractivity contribution in [1.29, 1.82) is 0 Å². The van der Waals surface area contributed by atoms with E-state index in [2.05, 4.69) is 34.0 Å². The van der Waals surface area contributed by atoms with Crippen molar-refractivity contribution in [3.05, 3.63) is 47.7 Å². The third-order valence-electron chi connectivity index (χ3n) is 4.75. The van der Waals surface area contributed by atoms with Gasteiger partial charge in [-0.05, 0) is 56.1 Å². The van der Waals surface area contributed by atoms with Gasteiger partial charge in [-0.2, -0.15) is 0 Å². The molecule has 0 saturated heterocycles. The molecule has 28 heavy (non-hydrogen) atoms. The van der Waals surface area contributed by atoms with Gasteiger partial charge in [0.15, 0.2) is 0 Å². The normalized spacial score (nSPS) is 10.9. The molecule has 156 valence electrons. The molecule has 2 aromatic rings. The molecule has 0 atom stereocenters. The fraction of sp³-hybridized carbons (Fsp3) is 0.550. The summed E-state index contributed by atoms with van der Waals surface area (Å²) in [7, 11) is 6.00. The van der Waals surface area contributed by atoms with Crippen LogP contribution in [0, 0.1) is 0 Å². The zero-order chi connectivity index (χ0) is 20.4. The predicted octanol–water partition coefficient (Wildman–Crippen LogP) is 2.45. The van der Waals surface area contributed by atoms with E-state index in [1.807, 2.05) is 47.4 Å². The molecular weight excluding hydrogens is 374 g/mol. The Morgan fingerprint density at radius 3 is 2.21 bits per heavy atom. The second-order valence-electron chi connectivity index (χ2n) is 7.03. The van der Waals surface area contributed by atoms with Gasteiger partial charge in [0, 0.05) is 32.4 Å². The highest BCUT2D eigenvalue weighted by Gasteiger charge is 2.06. The molecule has 0 aliphatic heterocycles. The number of anilines is 1. The van der Waals surface area contributed by atoms with Gasteiger partial charge in [-0.25, -0.2) is 14.0 Å². The zero-order valence-corrected chi connectivity index (χ0v) is 18.1. The Hall–Kier alpha value is -1.96. The maximum Gasteiger partial charge on any atom is 0.348 e. The number of hydrogen-bond donors (Lipinski definition) is 2. The number of halogens is 1. The largest absolute Gasteiger partial charge is 0.528 e. The summed E-state index contributed by atoms with van der Waals surface area (Å²) in [6.45, 7) is 3.60. The third-order valence-corrected chi connectivity index (χ3v) is 4.94. The average molecular weight is 408 g/mol. The fourth-order valence-corrected chi connectivity index (χ4v) is 3.43. The number of benzene rings is 1. The van der Waals surface area contributed by atoms with E-state index in [0.29, 0.717) is 0 Å². The smallest absolute Gasteiger partial charge is 0.348 e. The topological polar surface area (TPSA) is 68.3 Å². The molecule has 0 aliphatic rings. The van der Waals surface area contributed by atoms with Gasteiger partial charge < -0.3 is 20.7 Å². The van der Waals surface area contributed by atoms with Gasteiger partial charge in [-0.1, -0.05) is 12.1 Å². The maximum absolute atomic E-state index is 5.66. The van der Waals surface area contributed by atoms with Crippen molar-refractivity contribution < 1.29 is 0 Å². The van der Waals surface area contributed by atoms with Crippen LogP contribution in [0.1, 0.15) is 25.7 Å². The second-order valence-corrected chi connectivity index (χ2v) is 7.30. The standard InChI is InChI=1S/C20H34ClN7/c1-25-16-17-26(2)20(25)27(3)24-18-8-10-19(11-9-18)28(14-6-4-12-22)15-7-5-13-23-21/h8-11,16-17,23H,4-7,12-15,22H2,1-3H3. The van der Waals surface area contributed by atoms with Crippen molar-refractivity contribution in [2.45, 2.75) is 25.7 Å². The lowest BCUT2D eigenvalue weighted by Gasteiger charge is -2.27. The van der Waals surface area contributed by atoms with Gasteiger partial charge in [-0.3, -0.25) is 0 Å². The number of aryl methyl sites for hydroxylation is 2. The molecule has 0 amide bonds. The molecule has 1 aromatic carbocycles. The first kappa shape index (κ1) is 22.3. The number of hydrogen-bond acceptors (Lipinski definition) is 3. The summed E-state index contributed by atoms with van der Waals surface area (Å²) in [4.78, 5) is 5.12. The summed E-state index contributed by atoms with van der Waals surface area (Å²) in [6, 6.07) is 8.45. The van der Waals surface area contributed by atoms with Gasteiger partial charge in [0.25, 0.3) is 0 Å². The molecule has 7 nitrogen and oxygen atoms in total. The Kier molecular flexibility index (Phi) is 9.40. The van der Waals surface area contributed by atoms with Gasteiger partial charge >= 0.3 is 5.62 Å². The van der Waals surface area contributed by atoms with Gasteiger partial charge in [0.2, 0.25) is 0 Å². The molecule has 0 spiro atoms. The number of unbranched alkanes of at least 4 members (excludes halogenated alkanes) is 2. The Morgan fingerprint density at radius 1 is 1.04 bits per heavy atom. The van der Waals surface area contributed by atoms with Gasteiger partial charge in [-0.15, -0.1) is 5.69 Å². The first-order valence-corrected chi connectivity index (χ1v) is 10.3. The Balaban J connectivity index is 2.07. The molecule has 0 fully saturated rings. The van der Waals surface area contributed by atoms with E-state index in [9.17, 15) is 0 Å². The highest BCUT2D eigenvalue weighted by molar-refractivity contribution is 6.13. The summed E-state index contributed by atoms with van der Waals surface area (Å²) in [5, 5.41) is 0. The van der Waals surface area contributed by atoms with E-state index < -0.39 is 0 Å².